The van der Waals surface area contributed by atoms with Gasteiger partial charge in [-0.05, 0) is 37.0 Å². The molecule has 1 aliphatic rings. The molecule has 0 amide bonds. The van der Waals surface area contributed by atoms with Crippen molar-refractivity contribution in [3.05, 3.63) is 34.3 Å². The third-order valence-electron chi connectivity index (χ3n) is 4.02. The van der Waals surface area contributed by atoms with Gasteiger partial charge in [-0.25, -0.2) is 0 Å². The normalized spacial score (nSPS) is 18.6. The minimum absolute atomic E-state index is 0.451. The fraction of sp³-hybridized carbons (Fsp3) is 0.529. The monoisotopic (exact) mass is 334 g/mol. The van der Waals surface area contributed by atoms with Gasteiger partial charge in [-0.1, -0.05) is 40.9 Å². The molecular weight excluding hydrogens is 312 g/mol. The van der Waals surface area contributed by atoms with Crippen molar-refractivity contribution in [2.45, 2.75) is 38.3 Å². The second-order valence-electron chi connectivity index (χ2n) is 5.43. The van der Waals surface area contributed by atoms with E-state index in [9.17, 15) is 0 Å². The van der Waals surface area contributed by atoms with E-state index in [2.05, 4.69) is 63.3 Å². The van der Waals surface area contributed by atoms with Crippen LogP contribution >= 0.6 is 15.9 Å². The summed E-state index contributed by atoms with van der Waals surface area (Å²) >= 11 is 3.49. The van der Waals surface area contributed by atoms with Crippen molar-refractivity contribution >= 4 is 15.9 Å². The quantitative estimate of drug-likeness (QED) is 0.828. The lowest BCUT2D eigenvalue weighted by molar-refractivity contribution is 0.208. The van der Waals surface area contributed by atoms with Gasteiger partial charge >= 0.3 is 0 Å². The highest BCUT2D eigenvalue weighted by atomic mass is 79.9. The third-order valence-corrected chi connectivity index (χ3v) is 4.55. The maximum absolute atomic E-state index is 5.37. The number of hydrogen-bond donors (Lipinski definition) is 1. The number of halogens is 1. The number of nitrogens with one attached hydrogen (secondary N) is 1. The van der Waals surface area contributed by atoms with Gasteiger partial charge in [0.15, 0.2) is 0 Å². The second kappa shape index (κ2) is 7.83. The van der Waals surface area contributed by atoms with Crippen LogP contribution in [0.4, 0.5) is 0 Å². The highest BCUT2D eigenvalue weighted by Gasteiger charge is 2.21. The molecule has 1 heterocycles. The summed E-state index contributed by atoms with van der Waals surface area (Å²) in [6.45, 7) is 5.25. The molecule has 1 saturated heterocycles. The molecule has 1 aliphatic heterocycles. The zero-order valence-electron chi connectivity index (χ0n) is 12.1. The van der Waals surface area contributed by atoms with E-state index >= 15 is 0 Å². The summed E-state index contributed by atoms with van der Waals surface area (Å²) in [5.74, 6) is 2.74. The summed E-state index contributed by atoms with van der Waals surface area (Å²) < 4.78 is 1.14. The number of piperidine rings is 1. The molecule has 1 atom stereocenters. The van der Waals surface area contributed by atoms with Crippen molar-refractivity contribution in [1.29, 1.82) is 0 Å². The number of likely N-dealkylation sites (tertiary alicyclic amines) is 1. The van der Waals surface area contributed by atoms with Crippen LogP contribution in [0.15, 0.2) is 28.7 Å². The van der Waals surface area contributed by atoms with E-state index < -0.39 is 0 Å². The van der Waals surface area contributed by atoms with Gasteiger partial charge in [0.25, 0.3) is 0 Å². The van der Waals surface area contributed by atoms with Crippen LogP contribution in [0.3, 0.4) is 0 Å². The first kappa shape index (κ1) is 15.6. The molecule has 0 aliphatic carbocycles. The molecule has 0 spiro atoms. The molecular formula is C17H23BrN2. The van der Waals surface area contributed by atoms with Crippen LogP contribution in [0, 0.1) is 12.3 Å². The summed E-state index contributed by atoms with van der Waals surface area (Å²) in [5, 5.41) is 3.81. The fourth-order valence-corrected chi connectivity index (χ4v) is 3.08. The van der Waals surface area contributed by atoms with Gasteiger partial charge in [-0.2, -0.15) is 0 Å². The Labute approximate surface area is 131 Å². The van der Waals surface area contributed by atoms with Crippen LogP contribution in [0.25, 0.3) is 0 Å². The van der Waals surface area contributed by atoms with Crippen molar-refractivity contribution in [2.75, 3.05) is 19.6 Å². The van der Waals surface area contributed by atoms with Gasteiger partial charge in [0.1, 0.15) is 0 Å². The van der Waals surface area contributed by atoms with Crippen molar-refractivity contribution < 1.29 is 0 Å². The molecule has 0 aromatic heterocycles. The number of benzene rings is 1. The fourth-order valence-electron chi connectivity index (χ4n) is 2.82. The Balaban J connectivity index is 1.88. The Kier molecular flexibility index (Phi) is 6.09. The van der Waals surface area contributed by atoms with Crippen LogP contribution in [0.1, 0.15) is 37.8 Å². The average molecular weight is 335 g/mol. The SMILES string of the molecule is C#CCN1CCC(NC(CC)c2ccc(Br)cc2)CC1. The number of rotatable bonds is 5. The van der Waals surface area contributed by atoms with Crippen LogP contribution in [0.5, 0.6) is 0 Å². The van der Waals surface area contributed by atoms with E-state index in [0.717, 1.165) is 30.5 Å². The van der Waals surface area contributed by atoms with Crippen molar-refractivity contribution in [3.63, 3.8) is 0 Å². The topological polar surface area (TPSA) is 15.3 Å². The summed E-state index contributed by atoms with van der Waals surface area (Å²) in [4.78, 5) is 2.36. The summed E-state index contributed by atoms with van der Waals surface area (Å²) in [5.41, 5.74) is 1.38. The molecule has 0 bridgehead atoms. The van der Waals surface area contributed by atoms with Gasteiger partial charge in [-0.15, -0.1) is 6.42 Å². The van der Waals surface area contributed by atoms with Gasteiger partial charge in [0.05, 0.1) is 6.54 Å². The van der Waals surface area contributed by atoms with E-state index in [1.165, 1.54) is 18.4 Å². The number of terminal acetylenes is 1. The zero-order chi connectivity index (χ0) is 14.4. The first-order chi connectivity index (χ1) is 9.72. The van der Waals surface area contributed by atoms with Crippen LogP contribution in [0.2, 0.25) is 0 Å². The Hall–Kier alpha value is -0.820. The largest absolute Gasteiger partial charge is 0.307 e. The Morgan fingerprint density at radius 3 is 2.55 bits per heavy atom. The minimum Gasteiger partial charge on any atom is -0.307 e. The Morgan fingerprint density at radius 2 is 2.00 bits per heavy atom. The lowest BCUT2D eigenvalue weighted by Gasteiger charge is -2.33. The zero-order valence-corrected chi connectivity index (χ0v) is 13.7. The van der Waals surface area contributed by atoms with Crippen molar-refractivity contribution in [3.8, 4) is 12.3 Å². The highest BCUT2D eigenvalue weighted by molar-refractivity contribution is 9.10. The van der Waals surface area contributed by atoms with Crippen LogP contribution < -0.4 is 5.32 Å². The predicted octanol–water partition coefficient (Wildman–Crippen LogP) is 3.59. The van der Waals surface area contributed by atoms with Gasteiger partial charge in [0, 0.05) is 29.6 Å². The van der Waals surface area contributed by atoms with E-state index in [0.29, 0.717) is 12.1 Å². The molecule has 2 nitrogen and oxygen atoms in total. The highest BCUT2D eigenvalue weighted by Crippen LogP contribution is 2.22. The molecule has 0 radical (unpaired) electrons. The number of hydrogen-bond acceptors (Lipinski definition) is 2. The molecule has 1 aromatic carbocycles. The van der Waals surface area contributed by atoms with E-state index in [1.807, 2.05) is 0 Å². The van der Waals surface area contributed by atoms with Gasteiger partial charge in [0.2, 0.25) is 0 Å². The number of nitrogens with zero attached hydrogens (tertiary/aromatic N) is 1. The average Bonchev–Trinajstić information content (AvgIpc) is 2.48. The van der Waals surface area contributed by atoms with Gasteiger partial charge in [-0.3, -0.25) is 4.90 Å². The van der Waals surface area contributed by atoms with Crippen molar-refractivity contribution in [1.82, 2.24) is 10.2 Å². The lowest BCUT2D eigenvalue weighted by atomic mass is 9.99. The first-order valence-electron chi connectivity index (χ1n) is 7.40. The smallest absolute Gasteiger partial charge is 0.0598 e. The molecule has 2 rings (SSSR count). The van der Waals surface area contributed by atoms with Gasteiger partial charge < -0.3 is 5.32 Å². The lowest BCUT2D eigenvalue weighted by Crippen LogP contribution is -2.43. The standard InChI is InChI=1S/C17H23BrN2/c1-3-11-20-12-9-16(10-13-20)19-17(4-2)14-5-7-15(18)8-6-14/h1,5-8,16-17,19H,4,9-13H2,2H3. The molecule has 1 aromatic rings. The molecule has 108 valence electrons. The Bertz CT molecular complexity index is 441. The third kappa shape index (κ3) is 4.34. The molecule has 1 fully saturated rings. The summed E-state index contributed by atoms with van der Waals surface area (Å²) in [6, 6.07) is 9.71. The first-order valence-corrected chi connectivity index (χ1v) is 8.19. The minimum atomic E-state index is 0.451. The summed E-state index contributed by atoms with van der Waals surface area (Å²) in [6.07, 6.45) is 8.87. The molecule has 1 N–H and O–H groups in total. The van der Waals surface area contributed by atoms with E-state index in [4.69, 9.17) is 6.42 Å². The van der Waals surface area contributed by atoms with E-state index in [1.54, 1.807) is 0 Å². The molecule has 0 saturated carbocycles. The molecule has 1 unspecified atom stereocenters. The maximum Gasteiger partial charge on any atom is 0.0598 e. The Morgan fingerprint density at radius 1 is 1.35 bits per heavy atom. The predicted molar refractivity (Wildman–Crippen MR) is 88.6 cm³/mol. The molecule has 20 heavy (non-hydrogen) atoms. The van der Waals surface area contributed by atoms with Crippen LogP contribution in [-0.2, 0) is 0 Å². The maximum atomic E-state index is 5.37. The van der Waals surface area contributed by atoms with Crippen LogP contribution in [-0.4, -0.2) is 30.6 Å². The van der Waals surface area contributed by atoms with Crippen molar-refractivity contribution in [2.24, 2.45) is 0 Å². The summed E-state index contributed by atoms with van der Waals surface area (Å²) in [7, 11) is 0. The second-order valence-corrected chi connectivity index (χ2v) is 6.35. The molecule has 3 heteroatoms. The van der Waals surface area contributed by atoms with E-state index in [-0.39, 0.29) is 0 Å².